The molecule has 4 atom stereocenters. The minimum Gasteiger partial charge on any atom is -0.444 e. The Hall–Kier alpha value is -2.45. The van der Waals surface area contributed by atoms with E-state index in [1.165, 1.54) is 6.92 Å². The number of rotatable bonds is 5. The Bertz CT molecular complexity index is 861. The summed E-state index contributed by atoms with van der Waals surface area (Å²) in [4.78, 5) is 28.4. The molecule has 1 saturated carbocycles. The van der Waals surface area contributed by atoms with E-state index in [1.54, 1.807) is 27.0 Å². The second kappa shape index (κ2) is 8.59. The molecule has 170 valence electrons. The average Bonchev–Trinajstić information content (AvgIpc) is 3.09. The van der Waals surface area contributed by atoms with Gasteiger partial charge in [-0.2, -0.15) is 0 Å². The van der Waals surface area contributed by atoms with Crippen molar-refractivity contribution in [1.82, 2.24) is 4.98 Å². The Balaban J connectivity index is 1.86. The number of amides is 2. The predicted octanol–water partition coefficient (Wildman–Crippen LogP) is 4.27. The molecule has 1 aromatic heterocycles. The van der Waals surface area contributed by atoms with Crippen molar-refractivity contribution < 1.29 is 23.8 Å². The normalized spacial score (nSPS) is 26.8. The van der Waals surface area contributed by atoms with Crippen LogP contribution in [-0.4, -0.2) is 40.6 Å². The standard InChI is InChI=1S/C23H33N3O5/c1-8-14-11-16(19-18(14)29-23(6,7)30-19)12-15-9-10-24-20(17(15)25-13(2)27)26-21(28)31-22(3,4)5/h8-10,14,16,18-19H,1,11-12H2,2-7H3,(H,25,27)(H,24,26,28)/t14-,16-,18+,19-/m0/s1. The van der Waals surface area contributed by atoms with Crippen LogP contribution >= 0.6 is 0 Å². The summed E-state index contributed by atoms with van der Waals surface area (Å²) in [5.74, 6) is -0.282. The van der Waals surface area contributed by atoms with Crippen molar-refractivity contribution in [3.8, 4) is 0 Å². The van der Waals surface area contributed by atoms with Crippen LogP contribution in [0.15, 0.2) is 24.9 Å². The molecule has 0 bridgehead atoms. The van der Waals surface area contributed by atoms with Crippen LogP contribution in [0.2, 0.25) is 0 Å². The molecule has 31 heavy (non-hydrogen) atoms. The monoisotopic (exact) mass is 431 g/mol. The number of nitrogens with zero attached hydrogens (tertiary/aromatic N) is 1. The fraction of sp³-hybridized carbons (Fsp3) is 0.609. The fourth-order valence-electron chi connectivity index (χ4n) is 4.33. The highest BCUT2D eigenvalue weighted by atomic mass is 16.8. The maximum absolute atomic E-state index is 12.3. The molecule has 8 heteroatoms. The van der Waals surface area contributed by atoms with Crippen LogP contribution in [0.5, 0.6) is 0 Å². The number of aromatic nitrogens is 1. The Kier molecular flexibility index (Phi) is 6.43. The van der Waals surface area contributed by atoms with Crippen LogP contribution in [0, 0.1) is 11.8 Å². The molecule has 8 nitrogen and oxygen atoms in total. The van der Waals surface area contributed by atoms with Crippen LogP contribution in [0.1, 0.15) is 53.5 Å². The lowest BCUT2D eigenvalue weighted by Crippen LogP contribution is -2.28. The van der Waals surface area contributed by atoms with E-state index in [-0.39, 0.29) is 35.8 Å². The van der Waals surface area contributed by atoms with Crippen LogP contribution < -0.4 is 10.6 Å². The Labute approximate surface area is 183 Å². The smallest absolute Gasteiger partial charge is 0.413 e. The topological polar surface area (TPSA) is 98.8 Å². The van der Waals surface area contributed by atoms with Gasteiger partial charge >= 0.3 is 6.09 Å². The average molecular weight is 432 g/mol. The molecule has 2 N–H and O–H groups in total. The third-order valence-electron chi connectivity index (χ3n) is 5.37. The van der Waals surface area contributed by atoms with Gasteiger partial charge in [0.25, 0.3) is 0 Å². The van der Waals surface area contributed by atoms with E-state index >= 15 is 0 Å². The lowest BCUT2D eigenvalue weighted by Gasteiger charge is -2.24. The molecule has 0 radical (unpaired) electrons. The van der Waals surface area contributed by atoms with E-state index in [1.807, 2.05) is 26.0 Å². The summed E-state index contributed by atoms with van der Waals surface area (Å²) in [6, 6.07) is 1.85. The molecule has 2 fully saturated rings. The zero-order valence-electron chi connectivity index (χ0n) is 19.2. The van der Waals surface area contributed by atoms with Gasteiger partial charge in [0, 0.05) is 19.0 Å². The van der Waals surface area contributed by atoms with Gasteiger partial charge in [0.05, 0.1) is 17.9 Å². The molecular formula is C23H33N3O5. The fourth-order valence-corrected chi connectivity index (χ4v) is 4.33. The third kappa shape index (κ3) is 5.62. The summed E-state index contributed by atoms with van der Waals surface area (Å²) in [5.41, 5.74) is 0.678. The maximum atomic E-state index is 12.3. The molecule has 0 aromatic carbocycles. The van der Waals surface area contributed by atoms with E-state index in [0.717, 1.165) is 12.0 Å². The summed E-state index contributed by atoms with van der Waals surface area (Å²) in [5, 5.41) is 5.48. The highest BCUT2D eigenvalue weighted by Crippen LogP contribution is 2.46. The number of pyridine rings is 1. The van der Waals surface area contributed by atoms with Crippen molar-refractivity contribution in [2.45, 2.75) is 78.0 Å². The molecule has 1 saturated heterocycles. The van der Waals surface area contributed by atoms with E-state index in [4.69, 9.17) is 14.2 Å². The van der Waals surface area contributed by atoms with Gasteiger partial charge < -0.3 is 19.5 Å². The van der Waals surface area contributed by atoms with Gasteiger partial charge in [0.15, 0.2) is 11.6 Å². The van der Waals surface area contributed by atoms with E-state index in [9.17, 15) is 9.59 Å². The predicted molar refractivity (Wildman–Crippen MR) is 118 cm³/mol. The van der Waals surface area contributed by atoms with Gasteiger partial charge in [-0.25, -0.2) is 9.78 Å². The number of hydrogen-bond donors (Lipinski definition) is 2. The van der Waals surface area contributed by atoms with E-state index < -0.39 is 17.5 Å². The summed E-state index contributed by atoms with van der Waals surface area (Å²) in [7, 11) is 0. The largest absolute Gasteiger partial charge is 0.444 e. The summed E-state index contributed by atoms with van der Waals surface area (Å²) < 4.78 is 17.6. The first-order chi connectivity index (χ1) is 14.4. The van der Waals surface area contributed by atoms with Crippen molar-refractivity contribution in [3.63, 3.8) is 0 Å². The van der Waals surface area contributed by atoms with Crippen molar-refractivity contribution in [3.05, 3.63) is 30.5 Å². The molecule has 2 heterocycles. The van der Waals surface area contributed by atoms with Crippen LogP contribution in [-0.2, 0) is 25.4 Å². The molecule has 0 unspecified atom stereocenters. The van der Waals surface area contributed by atoms with Gasteiger partial charge in [-0.15, -0.1) is 6.58 Å². The number of fused-ring (bicyclic) bond motifs is 1. The van der Waals surface area contributed by atoms with Gasteiger partial charge in [-0.05, 0) is 65.0 Å². The Morgan fingerprint density at radius 1 is 1.29 bits per heavy atom. The molecule has 3 rings (SSSR count). The molecule has 2 aliphatic rings. The first kappa shape index (κ1) is 23.2. The minimum atomic E-state index is -0.652. The summed E-state index contributed by atoms with van der Waals surface area (Å²) in [6.45, 7) is 14.6. The SMILES string of the molecule is C=C[C@H]1C[C@@H](Cc2ccnc(NC(=O)OC(C)(C)C)c2NC(C)=O)[C@@H]2OC(C)(C)O[C@@H]21. The molecule has 1 aromatic rings. The number of ether oxygens (including phenoxy) is 3. The molecule has 2 amide bonds. The zero-order valence-corrected chi connectivity index (χ0v) is 19.2. The zero-order chi connectivity index (χ0) is 23.0. The van der Waals surface area contributed by atoms with E-state index in [2.05, 4.69) is 22.2 Å². The Morgan fingerprint density at radius 2 is 1.97 bits per heavy atom. The number of anilines is 2. The van der Waals surface area contributed by atoms with E-state index in [0.29, 0.717) is 12.1 Å². The van der Waals surface area contributed by atoms with Crippen molar-refractivity contribution in [2.75, 3.05) is 10.6 Å². The first-order valence-corrected chi connectivity index (χ1v) is 10.6. The third-order valence-corrected chi connectivity index (χ3v) is 5.37. The van der Waals surface area contributed by atoms with Gasteiger partial charge in [0.2, 0.25) is 5.91 Å². The lowest BCUT2D eigenvalue weighted by atomic mass is 9.94. The van der Waals surface area contributed by atoms with Crippen LogP contribution in [0.4, 0.5) is 16.3 Å². The number of carbonyl (C=O) groups excluding carboxylic acids is 2. The second-order valence-corrected chi connectivity index (χ2v) is 9.67. The molecule has 0 spiro atoms. The highest BCUT2D eigenvalue weighted by molar-refractivity contribution is 5.96. The Morgan fingerprint density at radius 3 is 2.58 bits per heavy atom. The van der Waals surface area contributed by atoms with Crippen molar-refractivity contribution in [1.29, 1.82) is 0 Å². The highest BCUT2D eigenvalue weighted by Gasteiger charge is 2.52. The molecule has 1 aliphatic heterocycles. The van der Waals surface area contributed by atoms with Crippen molar-refractivity contribution in [2.24, 2.45) is 11.8 Å². The van der Waals surface area contributed by atoms with Gasteiger partial charge in [-0.1, -0.05) is 6.08 Å². The van der Waals surface area contributed by atoms with Gasteiger partial charge in [-0.3, -0.25) is 10.1 Å². The number of carbonyl (C=O) groups is 2. The van der Waals surface area contributed by atoms with Gasteiger partial charge in [0.1, 0.15) is 5.60 Å². The number of hydrogen-bond acceptors (Lipinski definition) is 6. The summed E-state index contributed by atoms with van der Waals surface area (Å²) in [6.07, 6.45) is 4.30. The first-order valence-electron chi connectivity index (χ1n) is 10.6. The second-order valence-electron chi connectivity index (χ2n) is 9.67. The molecular weight excluding hydrogens is 398 g/mol. The quantitative estimate of drug-likeness (QED) is 0.676. The van der Waals surface area contributed by atoms with Crippen molar-refractivity contribution >= 4 is 23.5 Å². The minimum absolute atomic E-state index is 0.0390. The van der Waals surface area contributed by atoms with Crippen LogP contribution in [0.3, 0.4) is 0 Å². The lowest BCUT2D eigenvalue weighted by molar-refractivity contribution is -0.159. The van der Waals surface area contributed by atoms with Crippen LogP contribution in [0.25, 0.3) is 0 Å². The maximum Gasteiger partial charge on any atom is 0.413 e. The number of nitrogens with one attached hydrogen (secondary N) is 2. The summed E-state index contributed by atoms with van der Waals surface area (Å²) >= 11 is 0. The molecule has 1 aliphatic carbocycles.